The molecule has 2 aromatic rings. The number of aromatic carboxylic acids is 1. The Morgan fingerprint density at radius 2 is 2.14 bits per heavy atom. The zero-order valence-electron chi connectivity index (χ0n) is 15.3. The molecular formula is C17H20BN4O7-. The van der Waals surface area contributed by atoms with Crippen LogP contribution in [-0.2, 0) is 11.2 Å². The number of rotatable bonds is 5. The number of likely N-dealkylation sites (tertiary alicyclic amines) is 1. The average Bonchev–Trinajstić information content (AvgIpc) is 3.16. The van der Waals surface area contributed by atoms with Gasteiger partial charge in [-0.3, -0.25) is 4.79 Å². The number of benzene rings is 1. The lowest BCUT2D eigenvalue weighted by Gasteiger charge is -2.41. The number of nitrogens with one attached hydrogen (secondary N) is 1. The fourth-order valence-electron chi connectivity index (χ4n) is 3.47. The molecule has 0 radical (unpaired) electrons. The fourth-order valence-corrected chi connectivity index (χ4v) is 3.47. The summed E-state index contributed by atoms with van der Waals surface area (Å²) in [6, 6.07) is 2.29. The number of aryl methyl sites for hydroxylation is 1. The molecule has 1 aromatic carbocycles. The Labute approximate surface area is 165 Å². The summed E-state index contributed by atoms with van der Waals surface area (Å²) < 4.78 is 10.9. The number of hydrogen-bond acceptors (Lipinski definition) is 8. The molecule has 1 aromatic heterocycles. The number of H-pyrrole nitrogens is 1. The Morgan fingerprint density at radius 1 is 1.38 bits per heavy atom. The molecule has 0 bridgehead atoms. The van der Waals surface area contributed by atoms with E-state index in [1.54, 1.807) is 6.07 Å². The highest BCUT2D eigenvalue weighted by molar-refractivity contribution is 6.59. The molecule has 1 fully saturated rings. The van der Waals surface area contributed by atoms with E-state index in [0.29, 0.717) is 11.3 Å². The smallest absolute Gasteiger partial charge is 0.430 e. The van der Waals surface area contributed by atoms with Gasteiger partial charge in [-0.05, 0) is 18.1 Å². The number of ether oxygens (including phenoxy) is 1. The zero-order valence-corrected chi connectivity index (χ0v) is 15.3. The molecule has 3 heterocycles. The number of carboxylic acids is 1. The molecular weight excluding hydrogens is 383 g/mol. The van der Waals surface area contributed by atoms with Gasteiger partial charge in [0.1, 0.15) is 23.5 Å². The van der Waals surface area contributed by atoms with Crippen molar-refractivity contribution in [1.82, 2.24) is 14.9 Å². The van der Waals surface area contributed by atoms with E-state index in [-0.39, 0.29) is 48.8 Å². The monoisotopic (exact) mass is 403 g/mol. The van der Waals surface area contributed by atoms with E-state index in [1.165, 1.54) is 23.5 Å². The lowest BCUT2D eigenvalue weighted by atomic mass is 9.70. The number of aromatic amines is 1. The molecule has 0 aliphatic carbocycles. The summed E-state index contributed by atoms with van der Waals surface area (Å²) in [5.74, 6) is -1.66. The Morgan fingerprint density at radius 3 is 2.79 bits per heavy atom. The van der Waals surface area contributed by atoms with Crippen molar-refractivity contribution in [3.8, 4) is 11.5 Å². The van der Waals surface area contributed by atoms with Crippen molar-refractivity contribution in [3.63, 3.8) is 0 Å². The quantitative estimate of drug-likeness (QED) is 0.403. The molecule has 6 N–H and O–H groups in total. The summed E-state index contributed by atoms with van der Waals surface area (Å²) >= 11 is 0. The third-order valence-electron chi connectivity index (χ3n) is 5.09. The number of carbonyl (C=O) groups is 2. The molecule has 0 unspecified atom stereocenters. The Hall–Kier alpha value is -3.09. The van der Waals surface area contributed by atoms with Crippen molar-refractivity contribution in [2.24, 2.45) is 5.73 Å². The maximum Gasteiger partial charge on any atom is 0.430 e. The Kier molecular flexibility index (Phi) is 4.69. The standard InChI is InChI=1S/C17H20BN4O7/c19-14(11-5-20-8-21-11)16(23)22-6-10(7-22)28-12-2-1-9-3-4-18(26,27)29-15(9)13(12)17(24)25/h1-2,5,8,10,14,26-27H,3-4,6-7,19H2,(H,20,21)(H,24,25)/q-1/t14-/m1/s1. The maximum absolute atomic E-state index is 12.4. The van der Waals surface area contributed by atoms with Gasteiger partial charge >= 0.3 is 12.7 Å². The number of nitrogens with zero attached hydrogens (tertiary/aromatic N) is 2. The number of imidazole rings is 1. The van der Waals surface area contributed by atoms with Crippen molar-refractivity contribution >= 4 is 18.6 Å². The highest BCUT2D eigenvalue weighted by atomic mass is 16.6. The van der Waals surface area contributed by atoms with Crippen LogP contribution in [0.2, 0.25) is 6.32 Å². The Bertz CT molecular complexity index is 944. The molecule has 29 heavy (non-hydrogen) atoms. The van der Waals surface area contributed by atoms with Crippen LogP contribution < -0.4 is 15.1 Å². The van der Waals surface area contributed by atoms with Crippen molar-refractivity contribution in [2.45, 2.75) is 24.9 Å². The molecule has 12 heteroatoms. The van der Waals surface area contributed by atoms with E-state index in [0.717, 1.165) is 0 Å². The summed E-state index contributed by atoms with van der Waals surface area (Å²) in [4.78, 5) is 32.3. The van der Waals surface area contributed by atoms with Crippen LogP contribution in [0, 0.1) is 0 Å². The summed E-state index contributed by atoms with van der Waals surface area (Å²) in [5.41, 5.74) is 6.70. The van der Waals surface area contributed by atoms with Crippen LogP contribution in [-0.4, -0.2) is 67.8 Å². The van der Waals surface area contributed by atoms with Gasteiger partial charge < -0.3 is 40.2 Å². The first-order valence-electron chi connectivity index (χ1n) is 9.13. The first-order chi connectivity index (χ1) is 13.7. The number of carboxylic acid groups (broad SMARTS) is 1. The molecule has 0 saturated carbocycles. The van der Waals surface area contributed by atoms with E-state index < -0.39 is 24.9 Å². The molecule has 0 spiro atoms. The molecule has 1 atom stereocenters. The zero-order chi connectivity index (χ0) is 20.8. The molecule has 4 rings (SSSR count). The van der Waals surface area contributed by atoms with Gasteiger partial charge in [0.15, 0.2) is 0 Å². The van der Waals surface area contributed by atoms with Gasteiger partial charge in [-0.2, -0.15) is 0 Å². The predicted molar refractivity (Wildman–Crippen MR) is 99.2 cm³/mol. The van der Waals surface area contributed by atoms with Crippen LogP contribution in [0.25, 0.3) is 0 Å². The second-order valence-corrected chi connectivity index (χ2v) is 7.21. The summed E-state index contributed by atoms with van der Waals surface area (Å²) in [5, 5.41) is 29.2. The van der Waals surface area contributed by atoms with Crippen molar-refractivity contribution < 1.29 is 34.1 Å². The highest BCUT2D eigenvalue weighted by Crippen LogP contribution is 2.39. The Balaban J connectivity index is 1.46. The minimum Gasteiger partial charge on any atom is -0.669 e. The second kappa shape index (κ2) is 7.06. The summed E-state index contributed by atoms with van der Waals surface area (Å²) in [7, 11) is 0. The van der Waals surface area contributed by atoms with Gasteiger partial charge in [0.25, 0.3) is 0 Å². The molecule has 2 aliphatic rings. The third-order valence-corrected chi connectivity index (χ3v) is 5.09. The van der Waals surface area contributed by atoms with Gasteiger partial charge in [-0.1, -0.05) is 12.4 Å². The lowest BCUT2D eigenvalue weighted by molar-refractivity contribution is -0.141. The molecule has 1 amide bonds. The van der Waals surface area contributed by atoms with E-state index >= 15 is 0 Å². The average molecular weight is 403 g/mol. The number of hydrogen-bond donors (Lipinski definition) is 5. The van der Waals surface area contributed by atoms with Crippen LogP contribution in [0.5, 0.6) is 11.5 Å². The van der Waals surface area contributed by atoms with Crippen molar-refractivity contribution in [2.75, 3.05) is 13.1 Å². The predicted octanol–water partition coefficient (Wildman–Crippen LogP) is -0.744. The number of nitrogens with two attached hydrogens (primary N) is 1. The van der Waals surface area contributed by atoms with Crippen LogP contribution in [0.15, 0.2) is 24.7 Å². The van der Waals surface area contributed by atoms with Gasteiger partial charge in [-0.15, -0.1) is 0 Å². The normalized spacial score (nSPS) is 18.9. The maximum atomic E-state index is 12.4. The van der Waals surface area contributed by atoms with Gasteiger partial charge in [-0.25, -0.2) is 9.78 Å². The summed E-state index contributed by atoms with van der Waals surface area (Å²) in [6.45, 7) is -2.63. The number of aromatic nitrogens is 2. The molecule has 2 aliphatic heterocycles. The van der Waals surface area contributed by atoms with Crippen molar-refractivity contribution in [1.29, 1.82) is 0 Å². The minimum absolute atomic E-state index is 0.0114. The van der Waals surface area contributed by atoms with Crippen LogP contribution in [0.3, 0.4) is 0 Å². The van der Waals surface area contributed by atoms with Gasteiger partial charge in [0, 0.05) is 0 Å². The molecule has 11 nitrogen and oxygen atoms in total. The first-order valence-corrected chi connectivity index (χ1v) is 9.13. The second-order valence-electron chi connectivity index (χ2n) is 7.21. The van der Waals surface area contributed by atoms with Gasteiger partial charge in [0.2, 0.25) is 5.91 Å². The molecule has 154 valence electrons. The van der Waals surface area contributed by atoms with Crippen LogP contribution >= 0.6 is 0 Å². The lowest BCUT2D eigenvalue weighted by Crippen LogP contribution is -2.58. The van der Waals surface area contributed by atoms with Crippen molar-refractivity contribution in [3.05, 3.63) is 41.5 Å². The number of fused-ring (bicyclic) bond motifs is 1. The van der Waals surface area contributed by atoms with Crippen LogP contribution in [0.4, 0.5) is 0 Å². The van der Waals surface area contributed by atoms with Gasteiger partial charge in [0.05, 0.1) is 37.1 Å². The first kappa shape index (κ1) is 19.2. The number of amides is 1. The highest BCUT2D eigenvalue weighted by Gasteiger charge is 2.37. The third kappa shape index (κ3) is 3.64. The topological polar surface area (TPSA) is 171 Å². The summed E-state index contributed by atoms with van der Waals surface area (Å²) in [6.07, 6.45) is 2.76. The number of carbonyl (C=O) groups excluding carboxylic acids is 1. The van der Waals surface area contributed by atoms with E-state index in [9.17, 15) is 24.7 Å². The fraction of sp³-hybridized carbons (Fsp3) is 0.353. The van der Waals surface area contributed by atoms with E-state index in [2.05, 4.69) is 9.97 Å². The van der Waals surface area contributed by atoms with E-state index in [4.69, 9.17) is 15.1 Å². The van der Waals surface area contributed by atoms with Crippen LogP contribution in [0.1, 0.15) is 27.7 Å². The largest absolute Gasteiger partial charge is 0.669 e. The minimum atomic E-state index is -3.11. The van der Waals surface area contributed by atoms with E-state index in [1.807, 2.05) is 0 Å². The SMILES string of the molecule is N[C@@H](C(=O)N1CC(Oc2ccc3c(c2C(=O)O)O[B-](O)(O)CC3)C1)c1cnc[nH]1. The molecule has 1 saturated heterocycles.